The fourth-order valence-electron chi connectivity index (χ4n) is 6.38. The number of benzene rings is 6. The van der Waals surface area contributed by atoms with Gasteiger partial charge < -0.3 is 4.42 Å². The van der Waals surface area contributed by atoms with Crippen molar-refractivity contribution in [3.05, 3.63) is 152 Å². The highest BCUT2D eigenvalue weighted by Gasteiger charge is 2.22. The second kappa shape index (κ2) is 9.79. The van der Waals surface area contributed by atoms with Crippen molar-refractivity contribution in [1.29, 1.82) is 0 Å². The van der Waals surface area contributed by atoms with Crippen LogP contribution in [0.3, 0.4) is 0 Å². The van der Waals surface area contributed by atoms with E-state index in [1.165, 1.54) is 11.1 Å². The van der Waals surface area contributed by atoms with Gasteiger partial charge in [0.2, 0.25) is 5.95 Å². The molecule has 0 amide bonds. The Morgan fingerprint density at radius 2 is 1.05 bits per heavy atom. The minimum atomic E-state index is 0.621. The molecule has 0 N–H and O–H groups in total. The van der Waals surface area contributed by atoms with Gasteiger partial charge in [-0.1, -0.05) is 115 Å². The third-order valence-corrected chi connectivity index (χ3v) is 8.43. The molecule has 0 radical (unpaired) electrons. The molecule has 4 heteroatoms. The van der Waals surface area contributed by atoms with Gasteiger partial charge in [0.25, 0.3) is 0 Å². The highest BCUT2D eigenvalue weighted by Crippen LogP contribution is 2.42. The average molecular weight is 564 g/mol. The molecule has 44 heavy (non-hydrogen) atoms. The normalized spacial score (nSPS) is 11.6. The first kappa shape index (κ1) is 24.6. The van der Waals surface area contributed by atoms with E-state index in [0.717, 1.165) is 66.3 Å². The summed E-state index contributed by atoms with van der Waals surface area (Å²) in [6, 6.07) is 52.4. The minimum Gasteiger partial charge on any atom is -0.456 e. The Labute approximate surface area is 253 Å². The van der Waals surface area contributed by atoms with Crippen molar-refractivity contribution in [3.8, 4) is 39.6 Å². The van der Waals surface area contributed by atoms with Gasteiger partial charge in [0.05, 0.1) is 27.8 Å². The Morgan fingerprint density at radius 1 is 0.432 bits per heavy atom. The molecule has 6 aromatic carbocycles. The van der Waals surface area contributed by atoms with Gasteiger partial charge in [-0.3, -0.25) is 4.57 Å². The maximum Gasteiger partial charge on any atom is 0.235 e. The van der Waals surface area contributed by atoms with Crippen LogP contribution >= 0.6 is 0 Å². The van der Waals surface area contributed by atoms with E-state index >= 15 is 0 Å². The van der Waals surface area contributed by atoms with Gasteiger partial charge in [-0.25, -0.2) is 9.97 Å². The molecule has 0 unspecified atom stereocenters. The standard InChI is InChI=1S/C40H25N3O/c1-4-12-26(13-5-1)29-20-22-35-32(24-29)30-21-23-37-38(31-18-10-11-19-36(31)44-37)39(30)43(35)40-41-33(27-14-6-2-7-15-27)25-34(42-40)28-16-8-3-9-17-28/h1-25H. The van der Waals surface area contributed by atoms with Crippen molar-refractivity contribution < 1.29 is 4.42 Å². The monoisotopic (exact) mass is 563 g/mol. The van der Waals surface area contributed by atoms with Crippen LogP contribution in [-0.4, -0.2) is 14.5 Å². The van der Waals surface area contributed by atoms with E-state index in [1.807, 2.05) is 48.5 Å². The van der Waals surface area contributed by atoms with E-state index in [4.69, 9.17) is 14.4 Å². The predicted molar refractivity (Wildman–Crippen MR) is 180 cm³/mol. The highest BCUT2D eigenvalue weighted by molar-refractivity contribution is 6.24. The van der Waals surface area contributed by atoms with Gasteiger partial charge in [-0.2, -0.15) is 0 Å². The highest BCUT2D eigenvalue weighted by atomic mass is 16.3. The van der Waals surface area contributed by atoms with E-state index in [1.54, 1.807) is 0 Å². The fraction of sp³-hybridized carbons (Fsp3) is 0. The lowest BCUT2D eigenvalue weighted by Crippen LogP contribution is -2.04. The number of aromatic nitrogens is 3. The fourth-order valence-corrected chi connectivity index (χ4v) is 6.38. The van der Waals surface area contributed by atoms with Crippen molar-refractivity contribution in [2.24, 2.45) is 0 Å². The summed E-state index contributed by atoms with van der Waals surface area (Å²) in [6.45, 7) is 0. The molecule has 0 aliphatic rings. The van der Waals surface area contributed by atoms with E-state index in [2.05, 4.69) is 108 Å². The van der Waals surface area contributed by atoms with Crippen molar-refractivity contribution >= 4 is 43.7 Å². The predicted octanol–water partition coefficient (Wildman–Crippen LogP) is 10.5. The number of para-hydroxylation sites is 1. The van der Waals surface area contributed by atoms with Crippen LogP contribution in [0.2, 0.25) is 0 Å². The van der Waals surface area contributed by atoms with Crippen LogP contribution in [0.1, 0.15) is 0 Å². The first-order chi connectivity index (χ1) is 21.8. The van der Waals surface area contributed by atoms with Gasteiger partial charge in [-0.05, 0) is 47.5 Å². The largest absolute Gasteiger partial charge is 0.456 e. The maximum absolute atomic E-state index is 6.37. The van der Waals surface area contributed by atoms with Crippen LogP contribution in [-0.2, 0) is 0 Å². The number of hydrogen-bond donors (Lipinski definition) is 0. The van der Waals surface area contributed by atoms with Crippen LogP contribution in [0.4, 0.5) is 0 Å². The first-order valence-corrected chi connectivity index (χ1v) is 14.8. The zero-order chi connectivity index (χ0) is 29.0. The SMILES string of the molecule is c1ccc(-c2ccc3c(c2)c2ccc4oc5ccccc5c4c2n3-c2nc(-c3ccccc3)cc(-c3ccccc3)n2)cc1. The number of furan rings is 1. The lowest BCUT2D eigenvalue weighted by Gasteiger charge is -2.12. The molecule has 3 aromatic heterocycles. The Kier molecular flexibility index (Phi) is 5.47. The van der Waals surface area contributed by atoms with Crippen molar-refractivity contribution in [2.45, 2.75) is 0 Å². The summed E-state index contributed by atoms with van der Waals surface area (Å²) in [7, 11) is 0. The molecule has 0 bridgehead atoms. The maximum atomic E-state index is 6.37. The van der Waals surface area contributed by atoms with Crippen LogP contribution in [0.15, 0.2) is 156 Å². The summed E-state index contributed by atoms with van der Waals surface area (Å²) in [6.07, 6.45) is 0. The minimum absolute atomic E-state index is 0.621. The number of fused-ring (bicyclic) bond motifs is 7. The lowest BCUT2D eigenvalue weighted by atomic mass is 10.0. The van der Waals surface area contributed by atoms with Gasteiger partial charge in [-0.15, -0.1) is 0 Å². The van der Waals surface area contributed by atoms with Gasteiger partial charge in [0.1, 0.15) is 11.2 Å². The summed E-state index contributed by atoms with van der Waals surface area (Å²) in [5, 5.41) is 4.41. The third-order valence-electron chi connectivity index (χ3n) is 8.43. The van der Waals surface area contributed by atoms with Gasteiger partial charge >= 0.3 is 0 Å². The molecule has 9 rings (SSSR count). The molecule has 4 nitrogen and oxygen atoms in total. The Hall–Kier alpha value is -6.00. The quantitative estimate of drug-likeness (QED) is 0.214. The summed E-state index contributed by atoms with van der Waals surface area (Å²) in [5.41, 5.74) is 9.95. The van der Waals surface area contributed by atoms with Crippen LogP contribution in [0, 0.1) is 0 Å². The Balaban J connectivity index is 1.43. The van der Waals surface area contributed by atoms with E-state index in [0.29, 0.717) is 5.95 Å². The van der Waals surface area contributed by atoms with Crippen molar-refractivity contribution in [3.63, 3.8) is 0 Å². The van der Waals surface area contributed by atoms with E-state index in [9.17, 15) is 0 Å². The van der Waals surface area contributed by atoms with Gasteiger partial charge in [0.15, 0.2) is 0 Å². The smallest absolute Gasteiger partial charge is 0.235 e. The molecule has 0 aliphatic heterocycles. The molecular formula is C40H25N3O. The first-order valence-electron chi connectivity index (χ1n) is 14.8. The molecule has 206 valence electrons. The summed E-state index contributed by atoms with van der Waals surface area (Å²) in [4.78, 5) is 10.5. The van der Waals surface area contributed by atoms with E-state index < -0.39 is 0 Å². The van der Waals surface area contributed by atoms with E-state index in [-0.39, 0.29) is 0 Å². The molecule has 0 spiro atoms. The van der Waals surface area contributed by atoms with Gasteiger partial charge in [0, 0.05) is 27.3 Å². The Bertz CT molecular complexity index is 2420. The van der Waals surface area contributed by atoms with Crippen molar-refractivity contribution in [1.82, 2.24) is 14.5 Å². The van der Waals surface area contributed by atoms with Crippen molar-refractivity contribution in [2.75, 3.05) is 0 Å². The lowest BCUT2D eigenvalue weighted by molar-refractivity contribution is 0.669. The van der Waals surface area contributed by atoms with Crippen LogP contribution in [0.25, 0.3) is 83.3 Å². The molecule has 3 heterocycles. The molecule has 9 aromatic rings. The molecule has 0 fully saturated rings. The molecular weight excluding hydrogens is 538 g/mol. The molecule has 0 saturated heterocycles. The molecule has 0 aliphatic carbocycles. The number of rotatable bonds is 4. The van der Waals surface area contributed by atoms with Crippen LogP contribution in [0.5, 0.6) is 0 Å². The molecule has 0 atom stereocenters. The average Bonchev–Trinajstić information content (AvgIpc) is 3.64. The summed E-state index contributed by atoms with van der Waals surface area (Å²) in [5.74, 6) is 0.621. The molecule has 0 saturated carbocycles. The zero-order valence-corrected chi connectivity index (χ0v) is 23.7. The summed E-state index contributed by atoms with van der Waals surface area (Å²) < 4.78 is 8.60. The Morgan fingerprint density at radius 3 is 1.73 bits per heavy atom. The summed E-state index contributed by atoms with van der Waals surface area (Å²) >= 11 is 0. The second-order valence-electron chi connectivity index (χ2n) is 11.0. The number of nitrogens with zero attached hydrogens (tertiary/aromatic N) is 3. The zero-order valence-electron chi connectivity index (χ0n) is 23.7. The third kappa shape index (κ3) is 3.85. The second-order valence-corrected chi connectivity index (χ2v) is 11.0. The number of hydrogen-bond acceptors (Lipinski definition) is 3. The van der Waals surface area contributed by atoms with Crippen LogP contribution < -0.4 is 0 Å². The topological polar surface area (TPSA) is 43.9 Å².